The van der Waals surface area contributed by atoms with Crippen molar-refractivity contribution in [3.8, 4) is 5.75 Å². The molecule has 0 saturated carbocycles. The Morgan fingerprint density at radius 3 is 2.92 bits per heavy atom. The molecule has 1 rings (SSSR count). The lowest BCUT2D eigenvalue weighted by Crippen LogP contribution is -1.77. The summed E-state index contributed by atoms with van der Waals surface area (Å²) in [5, 5.41) is 9.20. The minimum absolute atomic E-state index is 0.330. The summed E-state index contributed by atoms with van der Waals surface area (Å²) < 4.78 is 1.05. The van der Waals surface area contributed by atoms with Gasteiger partial charge in [0.2, 0.25) is 0 Å². The molecule has 0 bridgehead atoms. The number of aromatic hydroxyl groups is 1. The summed E-state index contributed by atoms with van der Waals surface area (Å²) in [6.07, 6.45) is 1.15. The van der Waals surface area contributed by atoms with Gasteiger partial charge in [-0.2, -0.15) is 0 Å². The molecule has 0 aliphatic heterocycles. The van der Waals surface area contributed by atoms with Gasteiger partial charge in [0.25, 0.3) is 0 Å². The maximum absolute atomic E-state index is 9.20. The number of hydrogen-bond donors (Lipinski definition) is 1. The van der Waals surface area contributed by atoms with E-state index in [1.165, 1.54) is 0 Å². The number of phenols is 1. The van der Waals surface area contributed by atoms with Gasteiger partial charge in [-0.05, 0) is 46.3 Å². The van der Waals surface area contributed by atoms with Crippen molar-refractivity contribution in [3.63, 3.8) is 0 Å². The molecule has 3 heteroatoms. The van der Waals surface area contributed by atoms with E-state index in [1.807, 2.05) is 6.07 Å². The van der Waals surface area contributed by atoms with Gasteiger partial charge in [-0.1, -0.05) is 6.92 Å². The molecule has 0 aliphatic carbocycles. The van der Waals surface area contributed by atoms with Gasteiger partial charge in [0.05, 0.1) is 0 Å². The highest BCUT2D eigenvalue weighted by Crippen LogP contribution is 2.30. The van der Waals surface area contributed by atoms with Gasteiger partial charge in [0.15, 0.2) is 0 Å². The van der Waals surface area contributed by atoms with Gasteiger partial charge in [-0.15, -0.1) is 11.8 Å². The molecule has 66 valence electrons. The number of rotatable bonds is 3. The van der Waals surface area contributed by atoms with Crippen LogP contribution in [0.1, 0.15) is 13.3 Å². The standard InChI is InChI=1S/C9H11BrOS/c1-2-5-12-9-6-7(11)3-4-8(9)10/h3-4,6,11H,2,5H2,1H3. The van der Waals surface area contributed by atoms with Gasteiger partial charge in [0.1, 0.15) is 5.75 Å². The largest absolute Gasteiger partial charge is 0.508 e. The van der Waals surface area contributed by atoms with Crippen LogP contribution in [0.2, 0.25) is 0 Å². The molecule has 0 heterocycles. The minimum atomic E-state index is 0.330. The van der Waals surface area contributed by atoms with Crippen LogP contribution in [0.4, 0.5) is 0 Å². The van der Waals surface area contributed by atoms with Crippen molar-refractivity contribution >= 4 is 27.7 Å². The summed E-state index contributed by atoms with van der Waals surface area (Å²) in [6.45, 7) is 2.14. The van der Waals surface area contributed by atoms with Crippen molar-refractivity contribution in [2.45, 2.75) is 18.2 Å². The third kappa shape index (κ3) is 2.72. The molecule has 0 unspecified atom stereocenters. The third-order valence-corrected chi connectivity index (χ3v) is 3.59. The zero-order valence-electron chi connectivity index (χ0n) is 6.88. The Bertz CT molecular complexity index is 263. The summed E-state index contributed by atoms with van der Waals surface area (Å²) in [5.41, 5.74) is 0. The monoisotopic (exact) mass is 246 g/mol. The lowest BCUT2D eigenvalue weighted by Gasteiger charge is -2.02. The minimum Gasteiger partial charge on any atom is -0.508 e. The van der Waals surface area contributed by atoms with Gasteiger partial charge >= 0.3 is 0 Å². The van der Waals surface area contributed by atoms with Crippen LogP contribution < -0.4 is 0 Å². The van der Waals surface area contributed by atoms with Crippen molar-refractivity contribution in [1.29, 1.82) is 0 Å². The Morgan fingerprint density at radius 1 is 1.50 bits per heavy atom. The first-order valence-corrected chi connectivity index (χ1v) is 5.63. The van der Waals surface area contributed by atoms with Gasteiger partial charge in [-0.25, -0.2) is 0 Å². The molecule has 1 aromatic carbocycles. The summed E-state index contributed by atoms with van der Waals surface area (Å²) >= 11 is 5.18. The highest BCUT2D eigenvalue weighted by Gasteiger charge is 2.00. The lowest BCUT2D eigenvalue weighted by atomic mass is 10.3. The van der Waals surface area contributed by atoms with Gasteiger partial charge < -0.3 is 5.11 Å². The van der Waals surface area contributed by atoms with Crippen LogP contribution in [0.15, 0.2) is 27.6 Å². The summed E-state index contributed by atoms with van der Waals surface area (Å²) in [4.78, 5) is 1.11. The number of thioether (sulfide) groups is 1. The van der Waals surface area contributed by atoms with E-state index in [1.54, 1.807) is 23.9 Å². The van der Waals surface area contributed by atoms with Crippen LogP contribution >= 0.6 is 27.7 Å². The Balaban J connectivity index is 2.75. The normalized spacial score (nSPS) is 10.2. The van der Waals surface area contributed by atoms with Crippen LogP contribution in [0.5, 0.6) is 5.75 Å². The maximum Gasteiger partial charge on any atom is 0.116 e. The molecule has 0 fully saturated rings. The van der Waals surface area contributed by atoms with Gasteiger partial charge in [-0.3, -0.25) is 0 Å². The summed E-state index contributed by atoms with van der Waals surface area (Å²) in [6, 6.07) is 5.33. The second-order valence-electron chi connectivity index (χ2n) is 2.46. The lowest BCUT2D eigenvalue weighted by molar-refractivity contribution is 0.473. The van der Waals surface area contributed by atoms with Crippen LogP contribution in [0.25, 0.3) is 0 Å². The molecular weight excluding hydrogens is 236 g/mol. The average Bonchev–Trinajstić information content (AvgIpc) is 2.07. The fraction of sp³-hybridized carbons (Fsp3) is 0.333. The van der Waals surface area contributed by atoms with Crippen molar-refractivity contribution in [1.82, 2.24) is 0 Å². The number of hydrogen-bond acceptors (Lipinski definition) is 2. The number of benzene rings is 1. The van der Waals surface area contributed by atoms with E-state index < -0.39 is 0 Å². The van der Waals surface area contributed by atoms with Crippen molar-refractivity contribution in [2.24, 2.45) is 0 Å². The van der Waals surface area contributed by atoms with Crippen molar-refractivity contribution < 1.29 is 5.11 Å². The first kappa shape index (κ1) is 9.93. The molecule has 0 aromatic heterocycles. The van der Waals surface area contributed by atoms with Crippen molar-refractivity contribution in [3.05, 3.63) is 22.7 Å². The maximum atomic E-state index is 9.20. The van der Waals surface area contributed by atoms with Gasteiger partial charge in [0, 0.05) is 9.37 Å². The zero-order chi connectivity index (χ0) is 8.97. The Kier molecular flexibility index (Phi) is 3.95. The molecule has 0 spiro atoms. The van der Waals surface area contributed by atoms with E-state index in [4.69, 9.17) is 0 Å². The Labute approximate surface area is 85.3 Å². The molecule has 1 N–H and O–H groups in total. The predicted octanol–water partition coefficient (Wildman–Crippen LogP) is 3.66. The zero-order valence-corrected chi connectivity index (χ0v) is 9.28. The van der Waals surface area contributed by atoms with E-state index in [-0.39, 0.29) is 0 Å². The molecular formula is C9H11BrOS. The SMILES string of the molecule is CCCSc1cc(O)ccc1Br. The van der Waals surface area contributed by atoms with E-state index in [0.29, 0.717) is 5.75 Å². The van der Waals surface area contributed by atoms with Crippen LogP contribution in [0, 0.1) is 0 Å². The fourth-order valence-electron chi connectivity index (χ4n) is 0.815. The summed E-state index contributed by atoms with van der Waals surface area (Å²) in [7, 11) is 0. The smallest absolute Gasteiger partial charge is 0.116 e. The molecule has 0 aliphatic rings. The molecule has 1 aromatic rings. The van der Waals surface area contributed by atoms with Crippen LogP contribution in [0.3, 0.4) is 0 Å². The molecule has 0 saturated heterocycles. The first-order chi connectivity index (χ1) is 5.74. The second kappa shape index (κ2) is 4.77. The molecule has 12 heavy (non-hydrogen) atoms. The number of halogens is 1. The topological polar surface area (TPSA) is 20.2 Å². The molecule has 0 amide bonds. The predicted molar refractivity (Wildman–Crippen MR) is 56.8 cm³/mol. The van der Waals surface area contributed by atoms with E-state index in [2.05, 4.69) is 22.9 Å². The molecule has 0 radical (unpaired) electrons. The quantitative estimate of drug-likeness (QED) is 0.822. The van der Waals surface area contributed by atoms with Crippen molar-refractivity contribution in [2.75, 3.05) is 5.75 Å². The highest BCUT2D eigenvalue weighted by molar-refractivity contribution is 9.10. The van der Waals surface area contributed by atoms with E-state index in [0.717, 1.165) is 21.5 Å². The highest BCUT2D eigenvalue weighted by atomic mass is 79.9. The van der Waals surface area contributed by atoms with Crippen LogP contribution in [-0.2, 0) is 0 Å². The van der Waals surface area contributed by atoms with E-state index >= 15 is 0 Å². The Hall–Kier alpha value is -0.150. The molecule has 0 atom stereocenters. The van der Waals surface area contributed by atoms with Crippen LogP contribution in [-0.4, -0.2) is 10.9 Å². The Morgan fingerprint density at radius 2 is 2.25 bits per heavy atom. The second-order valence-corrected chi connectivity index (χ2v) is 4.45. The fourth-order valence-corrected chi connectivity index (χ4v) is 2.24. The molecule has 1 nitrogen and oxygen atoms in total. The average molecular weight is 247 g/mol. The summed E-state index contributed by atoms with van der Waals surface area (Å²) in [5.74, 6) is 1.42. The first-order valence-electron chi connectivity index (χ1n) is 3.85. The van der Waals surface area contributed by atoms with E-state index in [9.17, 15) is 5.11 Å². The third-order valence-electron chi connectivity index (χ3n) is 1.38. The number of phenolic OH excluding ortho intramolecular Hbond substituents is 1.